The number of hydrogen-bond donors (Lipinski definition) is 1. The second-order valence-corrected chi connectivity index (χ2v) is 5.48. The minimum atomic E-state index is -0.280. The average molecular weight is 259 g/mol. The molecule has 0 aliphatic heterocycles. The Balaban J connectivity index is 2.10. The Kier molecular flexibility index (Phi) is 3.64. The molecule has 0 saturated heterocycles. The van der Waals surface area contributed by atoms with E-state index in [-0.39, 0.29) is 11.4 Å². The van der Waals surface area contributed by atoms with Gasteiger partial charge in [-0.1, -0.05) is 20.8 Å². The van der Waals surface area contributed by atoms with Crippen LogP contribution < -0.4 is 4.74 Å². The normalized spacial score (nSPS) is 11.3. The van der Waals surface area contributed by atoms with Crippen molar-refractivity contribution in [3.05, 3.63) is 30.6 Å². The summed E-state index contributed by atoms with van der Waals surface area (Å²) in [6, 6.07) is 7.15. The van der Waals surface area contributed by atoms with Crippen LogP contribution in [-0.2, 0) is 0 Å². The fourth-order valence-corrected chi connectivity index (χ4v) is 1.43. The van der Waals surface area contributed by atoms with E-state index < -0.39 is 0 Å². The maximum absolute atomic E-state index is 9.22. The van der Waals surface area contributed by atoms with Gasteiger partial charge in [-0.2, -0.15) is 9.97 Å². The third-order valence-electron chi connectivity index (χ3n) is 2.34. The van der Waals surface area contributed by atoms with E-state index in [1.807, 2.05) is 24.3 Å². The molecule has 100 valence electrons. The van der Waals surface area contributed by atoms with Gasteiger partial charge in [0.1, 0.15) is 12.1 Å². The highest BCUT2D eigenvalue weighted by molar-refractivity contribution is 5.55. The Morgan fingerprint density at radius 3 is 2.37 bits per heavy atom. The highest BCUT2D eigenvalue weighted by Gasteiger charge is 2.11. The largest absolute Gasteiger partial charge is 0.493 e. The van der Waals surface area contributed by atoms with Gasteiger partial charge in [-0.3, -0.25) is 0 Å². The lowest BCUT2D eigenvalue weighted by Gasteiger charge is -2.18. The predicted octanol–water partition coefficient (Wildman–Crippen LogP) is 2.67. The van der Waals surface area contributed by atoms with Crippen LogP contribution in [0.5, 0.6) is 11.8 Å². The standard InChI is InChI=1S/C14H17N3O2/c1-14(2,3)8-19-11-6-4-10(5-7-11)12-15-9-16-13(18)17-12/h4-7,9H,8H2,1-3H3,(H,15,16,17,18). The lowest BCUT2D eigenvalue weighted by Crippen LogP contribution is -2.16. The molecule has 1 N–H and O–H groups in total. The second kappa shape index (κ2) is 5.22. The van der Waals surface area contributed by atoms with Crippen LogP contribution in [0.4, 0.5) is 0 Å². The van der Waals surface area contributed by atoms with Crippen molar-refractivity contribution >= 4 is 0 Å². The Morgan fingerprint density at radius 2 is 1.79 bits per heavy atom. The van der Waals surface area contributed by atoms with Crippen LogP contribution in [0.2, 0.25) is 0 Å². The van der Waals surface area contributed by atoms with Crippen LogP contribution in [0, 0.1) is 5.41 Å². The van der Waals surface area contributed by atoms with E-state index in [0.717, 1.165) is 11.3 Å². The Morgan fingerprint density at radius 1 is 1.11 bits per heavy atom. The third-order valence-corrected chi connectivity index (χ3v) is 2.34. The number of hydrogen-bond acceptors (Lipinski definition) is 5. The van der Waals surface area contributed by atoms with E-state index in [1.165, 1.54) is 6.33 Å². The minimum Gasteiger partial charge on any atom is -0.493 e. The molecule has 0 fully saturated rings. The van der Waals surface area contributed by atoms with Crippen LogP contribution in [0.15, 0.2) is 30.6 Å². The Hall–Kier alpha value is -2.17. The maximum Gasteiger partial charge on any atom is 0.317 e. The van der Waals surface area contributed by atoms with Crippen molar-refractivity contribution in [3.8, 4) is 23.1 Å². The van der Waals surface area contributed by atoms with Crippen molar-refractivity contribution in [3.63, 3.8) is 0 Å². The molecule has 0 spiro atoms. The van der Waals surface area contributed by atoms with Gasteiger partial charge >= 0.3 is 6.01 Å². The highest BCUT2D eigenvalue weighted by Crippen LogP contribution is 2.21. The van der Waals surface area contributed by atoms with Gasteiger partial charge in [0.25, 0.3) is 0 Å². The van der Waals surface area contributed by atoms with Gasteiger partial charge in [0.05, 0.1) is 6.61 Å². The molecule has 1 aromatic heterocycles. The Bertz CT molecular complexity index is 547. The lowest BCUT2D eigenvalue weighted by atomic mass is 9.99. The lowest BCUT2D eigenvalue weighted by molar-refractivity contribution is 0.198. The van der Waals surface area contributed by atoms with Crippen molar-refractivity contribution in [2.45, 2.75) is 20.8 Å². The molecule has 0 bridgehead atoms. The molecule has 5 heteroatoms. The molecular formula is C14H17N3O2. The molecule has 2 rings (SSSR count). The topological polar surface area (TPSA) is 68.1 Å². The smallest absolute Gasteiger partial charge is 0.317 e. The van der Waals surface area contributed by atoms with Gasteiger partial charge in [0.15, 0.2) is 5.82 Å². The first-order valence-corrected chi connectivity index (χ1v) is 6.05. The predicted molar refractivity (Wildman–Crippen MR) is 71.9 cm³/mol. The summed E-state index contributed by atoms with van der Waals surface area (Å²) in [6.07, 6.45) is 1.28. The zero-order valence-electron chi connectivity index (χ0n) is 11.3. The summed E-state index contributed by atoms with van der Waals surface area (Å²) in [5.41, 5.74) is 0.930. The third kappa shape index (κ3) is 3.91. The molecule has 1 aromatic carbocycles. The zero-order valence-corrected chi connectivity index (χ0v) is 11.3. The quantitative estimate of drug-likeness (QED) is 0.917. The van der Waals surface area contributed by atoms with E-state index in [4.69, 9.17) is 4.74 Å². The van der Waals surface area contributed by atoms with Crippen LogP contribution in [0.25, 0.3) is 11.4 Å². The second-order valence-electron chi connectivity index (χ2n) is 5.48. The number of benzene rings is 1. The summed E-state index contributed by atoms with van der Waals surface area (Å²) in [5, 5.41) is 9.22. The van der Waals surface area contributed by atoms with Crippen LogP contribution >= 0.6 is 0 Å². The maximum atomic E-state index is 9.22. The summed E-state index contributed by atoms with van der Waals surface area (Å²) >= 11 is 0. The van der Waals surface area contributed by atoms with Crippen molar-refractivity contribution in [2.75, 3.05) is 6.61 Å². The summed E-state index contributed by atoms with van der Waals surface area (Å²) in [6.45, 7) is 7.01. The summed E-state index contributed by atoms with van der Waals surface area (Å²) < 4.78 is 5.68. The fourth-order valence-electron chi connectivity index (χ4n) is 1.43. The molecule has 0 saturated carbocycles. The van der Waals surface area contributed by atoms with Crippen LogP contribution in [0.3, 0.4) is 0 Å². The number of rotatable bonds is 3. The molecule has 0 atom stereocenters. The molecule has 1 heterocycles. The summed E-state index contributed by atoms with van der Waals surface area (Å²) in [5.74, 6) is 1.24. The van der Waals surface area contributed by atoms with E-state index in [1.54, 1.807) is 0 Å². The van der Waals surface area contributed by atoms with Crippen molar-refractivity contribution in [2.24, 2.45) is 5.41 Å². The molecule has 0 amide bonds. The first-order valence-electron chi connectivity index (χ1n) is 6.05. The highest BCUT2D eigenvalue weighted by atomic mass is 16.5. The first kappa shape index (κ1) is 13.3. The molecule has 0 unspecified atom stereocenters. The number of nitrogens with zero attached hydrogens (tertiary/aromatic N) is 3. The van der Waals surface area contributed by atoms with E-state index >= 15 is 0 Å². The van der Waals surface area contributed by atoms with Crippen molar-refractivity contribution in [1.29, 1.82) is 0 Å². The SMILES string of the molecule is CC(C)(C)COc1ccc(-c2ncnc(O)n2)cc1. The number of aromatic hydroxyl groups is 1. The summed E-state index contributed by atoms with van der Waals surface area (Å²) in [4.78, 5) is 11.4. The van der Waals surface area contributed by atoms with Crippen molar-refractivity contribution in [1.82, 2.24) is 15.0 Å². The van der Waals surface area contributed by atoms with Gasteiger partial charge in [-0.15, -0.1) is 0 Å². The molecule has 0 aliphatic rings. The first-order chi connectivity index (χ1) is 8.94. The van der Waals surface area contributed by atoms with Crippen LogP contribution in [-0.4, -0.2) is 26.7 Å². The minimum absolute atomic E-state index is 0.124. The molecule has 5 nitrogen and oxygen atoms in total. The molecule has 2 aromatic rings. The van der Waals surface area contributed by atoms with E-state index in [0.29, 0.717) is 12.4 Å². The van der Waals surface area contributed by atoms with Gasteiger partial charge < -0.3 is 9.84 Å². The molecule has 19 heavy (non-hydrogen) atoms. The van der Waals surface area contributed by atoms with Gasteiger partial charge in [0.2, 0.25) is 0 Å². The number of aromatic nitrogens is 3. The van der Waals surface area contributed by atoms with Crippen molar-refractivity contribution < 1.29 is 9.84 Å². The van der Waals surface area contributed by atoms with E-state index in [2.05, 4.69) is 35.7 Å². The monoisotopic (exact) mass is 259 g/mol. The van der Waals surface area contributed by atoms with Gasteiger partial charge in [-0.05, 0) is 29.7 Å². The Labute approximate surface area is 112 Å². The number of ether oxygens (including phenoxy) is 1. The van der Waals surface area contributed by atoms with Gasteiger partial charge in [-0.25, -0.2) is 4.98 Å². The van der Waals surface area contributed by atoms with Gasteiger partial charge in [0, 0.05) is 5.56 Å². The summed E-state index contributed by atoms with van der Waals surface area (Å²) in [7, 11) is 0. The van der Waals surface area contributed by atoms with E-state index in [9.17, 15) is 5.11 Å². The molecular weight excluding hydrogens is 242 g/mol. The van der Waals surface area contributed by atoms with Crippen LogP contribution in [0.1, 0.15) is 20.8 Å². The fraction of sp³-hybridized carbons (Fsp3) is 0.357. The molecule has 0 radical (unpaired) electrons. The zero-order chi connectivity index (χ0) is 13.9. The molecule has 0 aliphatic carbocycles. The average Bonchev–Trinajstić information content (AvgIpc) is 2.36.